The molecule has 0 aliphatic heterocycles. The second-order valence-corrected chi connectivity index (χ2v) is 3.28. The first-order valence-corrected chi connectivity index (χ1v) is 4.60. The van der Waals surface area contributed by atoms with Crippen LogP contribution in [0.25, 0.3) is 6.08 Å². The molecule has 0 spiro atoms. The molecule has 1 aliphatic rings. The maximum atomic E-state index is 3.40. The summed E-state index contributed by atoms with van der Waals surface area (Å²) in [6, 6.07) is 8.58. The topological polar surface area (TPSA) is 0 Å². The Bertz CT molecular complexity index is 302. The second-order valence-electron chi connectivity index (χ2n) is 3.28. The van der Waals surface area contributed by atoms with Crippen molar-refractivity contribution in [3.8, 4) is 0 Å². The van der Waals surface area contributed by atoms with Gasteiger partial charge in [-0.05, 0) is 0 Å². The van der Waals surface area contributed by atoms with Crippen LogP contribution in [0.2, 0.25) is 0 Å². The Morgan fingerprint density at radius 2 is 2.08 bits per heavy atom. The molecule has 0 amide bonds. The summed E-state index contributed by atoms with van der Waals surface area (Å²) in [4.78, 5) is 0. The Hall–Kier alpha value is -0.508. The number of hydrogen-bond donors (Lipinski definition) is 0. The van der Waals surface area contributed by atoms with E-state index < -0.39 is 0 Å². The first kappa shape index (κ1) is 10.6. The average Bonchev–Trinajstić information content (AvgIpc) is 2.50. The van der Waals surface area contributed by atoms with Crippen molar-refractivity contribution < 1.29 is 17.4 Å². The zero-order chi connectivity index (χ0) is 8.39. The summed E-state index contributed by atoms with van der Waals surface area (Å²) in [6.07, 6.45) is 7.98. The third kappa shape index (κ3) is 2.05. The van der Waals surface area contributed by atoms with E-state index in [1.807, 2.05) is 0 Å². The van der Waals surface area contributed by atoms with Gasteiger partial charge in [-0.25, -0.2) is 6.08 Å². The Kier molecular flexibility index (Phi) is 3.78. The van der Waals surface area contributed by atoms with Crippen molar-refractivity contribution in [3.63, 3.8) is 0 Å². The number of allylic oxidation sites excluding steroid dienone is 1. The van der Waals surface area contributed by atoms with Gasteiger partial charge in [-0.3, -0.25) is 6.08 Å². The molecular formula is C12H13Cr-. The summed E-state index contributed by atoms with van der Waals surface area (Å²) in [6.45, 7) is 2.22. The third-order valence-electron chi connectivity index (χ3n) is 2.39. The predicted octanol–water partition coefficient (Wildman–Crippen LogP) is 3.40. The van der Waals surface area contributed by atoms with Gasteiger partial charge in [-0.15, -0.1) is 11.6 Å². The van der Waals surface area contributed by atoms with Gasteiger partial charge in [-0.2, -0.15) is 5.56 Å². The first-order chi connectivity index (χ1) is 5.92. The van der Waals surface area contributed by atoms with Gasteiger partial charge in [0.2, 0.25) is 0 Å². The van der Waals surface area contributed by atoms with Crippen LogP contribution in [0, 0.1) is 6.08 Å². The summed E-state index contributed by atoms with van der Waals surface area (Å²) >= 11 is 0. The van der Waals surface area contributed by atoms with E-state index in [1.54, 1.807) is 0 Å². The summed E-state index contributed by atoms with van der Waals surface area (Å²) in [5.74, 6) is 0.561. The Morgan fingerprint density at radius 3 is 2.85 bits per heavy atom. The van der Waals surface area contributed by atoms with Gasteiger partial charge < -0.3 is 0 Å². The fourth-order valence-electron chi connectivity index (χ4n) is 1.77. The van der Waals surface area contributed by atoms with Gasteiger partial charge in [-0.1, -0.05) is 43.9 Å². The maximum absolute atomic E-state index is 3.40. The van der Waals surface area contributed by atoms with E-state index in [2.05, 4.69) is 43.3 Å². The predicted molar refractivity (Wildman–Crippen MR) is 51.8 cm³/mol. The van der Waals surface area contributed by atoms with Gasteiger partial charge in [0.15, 0.2) is 0 Å². The fraction of sp³-hybridized carbons (Fsp3) is 0.333. The summed E-state index contributed by atoms with van der Waals surface area (Å²) in [5.41, 5.74) is 2.82. The molecule has 1 aromatic carbocycles. The van der Waals surface area contributed by atoms with Crippen LogP contribution >= 0.6 is 0 Å². The monoisotopic (exact) mass is 209 g/mol. The van der Waals surface area contributed by atoms with E-state index >= 15 is 0 Å². The van der Waals surface area contributed by atoms with E-state index in [-0.39, 0.29) is 17.4 Å². The molecule has 1 unspecified atom stereocenters. The minimum Gasteiger partial charge on any atom is -0.268 e. The van der Waals surface area contributed by atoms with Crippen molar-refractivity contribution in [2.45, 2.75) is 25.7 Å². The molecule has 0 fully saturated rings. The molecule has 0 saturated carbocycles. The molecule has 13 heavy (non-hydrogen) atoms. The molecule has 1 aliphatic carbocycles. The Labute approximate surface area is 90.8 Å². The van der Waals surface area contributed by atoms with Gasteiger partial charge in [0.25, 0.3) is 0 Å². The molecule has 1 atom stereocenters. The van der Waals surface area contributed by atoms with Gasteiger partial charge in [0.1, 0.15) is 0 Å². The minimum absolute atomic E-state index is 0. The van der Waals surface area contributed by atoms with Crippen LogP contribution in [0.3, 0.4) is 0 Å². The van der Waals surface area contributed by atoms with Crippen LogP contribution < -0.4 is 0 Å². The molecule has 0 N–H and O–H groups in total. The van der Waals surface area contributed by atoms with E-state index in [0.717, 1.165) is 0 Å². The van der Waals surface area contributed by atoms with Crippen LogP contribution in [0.15, 0.2) is 24.3 Å². The SMILES string of the molecule is CCCC1[C-]=Cc2ccccc21.[Cr]. The van der Waals surface area contributed by atoms with Crippen LogP contribution in [-0.4, -0.2) is 0 Å². The smallest absolute Gasteiger partial charge is 0 e. The van der Waals surface area contributed by atoms with Crippen LogP contribution in [-0.2, 0) is 17.4 Å². The molecule has 0 saturated heterocycles. The largest absolute Gasteiger partial charge is 0.268 e. The van der Waals surface area contributed by atoms with E-state index in [4.69, 9.17) is 0 Å². The summed E-state index contributed by atoms with van der Waals surface area (Å²) in [5, 5.41) is 0. The zero-order valence-electron chi connectivity index (χ0n) is 7.79. The Balaban J connectivity index is 0.000000845. The van der Waals surface area contributed by atoms with E-state index in [0.29, 0.717) is 5.92 Å². The van der Waals surface area contributed by atoms with Crippen molar-refractivity contribution in [3.05, 3.63) is 41.5 Å². The van der Waals surface area contributed by atoms with Crippen molar-refractivity contribution in [2.75, 3.05) is 0 Å². The molecule has 68 valence electrons. The number of fused-ring (bicyclic) bond motifs is 1. The number of hydrogen-bond acceptors (Lipinski definition) is 0. The number of benzene rings is 1. The quantitative estimate of drug-likeness (QED) is 0.655. The third-order valence-corrected chi connectivity index (χ3v) is 2.39. The average molecular weight is 209 g/mol. The van der Waals surface area contributed by atoms with E-state index in [9.17, 15) is 0 Å². The van der Waals surface area contributed by atoms with Crippen molar-refractivity contribution in [1.29, 1.82) is 0 Å². The summed E-state index contributed by atoms with van der Waals surface area (Å²) < 4.78 is 0. The van der Waals surface area contributed by atoms with Gasteiger partial charge in [0, 0.05) is 17.4 Å². The van der Waals surface area contributed by atoms with Gasteiger partial charge >= 0.3 is 0 Å². The minimum atomic E-state index is 0. The standard InChI is InChI=1S/C12H13.Cr/c1-2-5-10-8-9-11-6-3-4-7-12(10)11;/h3-4,6-7,9-10H,2,5H2,1H3;/q-1;. The molecule has 0 heterocycles. The van der Waals surface area contributed by atoms with Crippen LogP contribution in [0.1, 0.15) is 36.8 Å². The van der Waals surface area contributed by atoms with Gasteiger partial charge in [0.05, 0.1) is 0 Å². The zero-order valence-corrected chi connectivity index (χ0v) is 9.06. The molecular weight excluding hydrogens is 196 g/mol. The first-order valence-electron chi connectivity index (χ1n) is 4.60. The maximum Gasteiger partial charge on any atom is 0 e. The molecule has 0 aromatic heterocycles. The molecule has 1 aromatic rings. The normalized spacial score (nSPS) is 18.1. The molecule has 1 heteroatoms. The Morgan fingerprint density at radius 1 is 1.31 bits per heavy atom. The molecule has 0 bridgehead atoms. The number of rotatable bonds is 2. The van der Waals surface area contributed by atoms with Crippen molar-refractivity contribution in [1.82, 2.24) is 0 Å². The van der Waals surface area contributed by atoms with Crippen molar-refractivity contribution >= 4 is 6.08 Å². The van der Waals surface area contributed by atoms with Crippen LogP contribution in [0.5, 0.6) is 0 Å². The molecule has 0 radical (unpaired) electrons. The second kappa shape index (κ2) is 4.65. The van der Waals surface area contributed by atoms with Crippen molar-refractivity contribution in [2.24, 2.45) is 0 Å². The molecule has 0 nitrogen and oxygen atoms in total. The molecule has 2 rings (SSSR count). The fourth-order valence-corrected chi connectivity index (χ4v) is 1.77. The summed E-state index contributed by atoms with van der Waals surface area (Å²) in [7, 11) is 0. The van der Waals surface area contributed by atoms with E-state index in [1.165, 1.54) is 24.0 Å². The van der Waals surface area contributed by atoms with Crippen LogP contribution in [0.4, 0.5) is 0 Å².